The van der Waals surface area contributed by atoms with Crippen LogP contribution in [0.1, 0.15) is 62.8 Å². The number of aromatic nitrogens is 5. The SMILES string of the molecule is CC(C)c1nn(C)c(Cl)c1C(O)Cc1ncnn1C(C)C. The maximum atomic E-state index is 10.6. The minimum absolute atomic E-state index is 0.191. The predicted molar refractivity (Wildman–Crippen MR) is 81.4 cm³/mol. The zero-order chi connectivity index (χ0) is 15.7. The predicted octanol–water partition coefficient (Wildman–Crippen LogP) is 2.65. The molecule has 0 radical (unpaired) electrons. The average Bonchev–Trinajstić information content (AvgIpc) is 2.95. The molecule has 0 aliphatic rings. The number of rotatable bonds is 5. The minimum atomic E-state index is -0.745. The first-order chi connectivity index (χ1) is 9.82. The molecule has 0 aromatic carbocycles. The highest BCUT2D eigenvalue weighted by Gasteiger charge is 2.25. The van der Waals surface area contributed by atoms with Gasteiger partial charge < -0.3 is 5.11 Å². The van der Waals surface area contributed by atoms with Gasteiger partial charge in [0.25, 0.3) is 0 Å². The van der Waals surface area contributed by atoms with Gasteiger partial charge in [-0.15, -0.1) is 0 Å². The molecule has 0 aliphatic carbocycles. The Labute approximate surface area is 129 Å². The zero-order valence-electron chi connectivity index (χ0n) is 13.1. The number of aliphatic hydroxyl groups excluding tert-OH is 1. The summed E-state index contributed by atoms with van der Waals surface area (Å²) in [5.41, 5.74) is 1.51. The van der Waals surface area contributed by atoms with Crippen molar-refractivity contribution in [2.75, 3.05) is 0 Å². The van der Waals surface area contributed by atoms with Gasteiger partial charge in [-0.2, -0.15) is 10.2 Å². The van der Waals surface area contributed by atoms with Crippen molar-refractivity contribution in [3.63, 3.8) is 0 Å². The van der Waals surface area contributed by atoms with Gasteiger partial charge in [0, 0.05) is 25.1 Å². The maximum absolute atomic E-state index is 10.6. The number of hydrogen-bond acceptors (Lipinski definition) is 4. The summed E-state index contributed by atoms with van der Waals surface area (Å²) in [6.45, 7) is 8.12. The summed E-state index contributed by atoms with van der Waals surface area (Å²) in [7, 11) is 1.78. The molecule has 1 N–H and O–H groups in total. The Morgan fingerprint density at radius 3 is 2.52 bits per heavy atom. The van der Waals surface area contributed by atoms with Crippen LogP contribution >= 0.6 is 11.6 Å². The van der Waals surface area contributed by atoms with Crippen LogP contribution in [0.3, 0.4) is 0 Å². The lowest BCUT2D eigenvalue weighted by Crippen LogP contribution is -2.13. The largest absolute Gasteiger partial charge is 0.388 e. The standard InChI is InChI=1S/C14H22ClN5O/c1-8(2)13-12(14(15)19(5)18-13)10(21)6-11-16-7-17-20(11)9(3)4/h7-10,21H,6H2,1-5H3. The Balaban J connectivity index is 2.32. The molecule has 0 saturated heterocycles. The highest BCUT2D eigenvalue weighted by Crippen LogP contribution is 2.32. The fraction of sp³-hybridized carbons (Fsp3) is 0.643. The van der Waals surface area contributed by atoms with E-state index in [-0.39, 0.29) is 12.0 Å². The highest BCUT2D eigenvalue weighted by atomic mass is 35.5. The highest BCUT2D eigenvalue weighted by molar-refractivity contribution is 6.30. The second-order valence-electron chi connectivity index (χ2n) is 5.80. The van der Waals surface area contributed by atoms with Crippen LogP contribution in [0.25, 0.3) is 0 Å². The number of halogens is 1. The molecule has 1 atom stereocenters. The molecule has 0 spiro atoms. The van der Waals surface area contributed by atoms with E-state index in [2.05, 4.69) is 15.2 Å². The Morgan fingerprint density at radius 1 is 1.29 bits per heavy atom. The monoisotopic (exact) mass is 311 g/mol. The first-order valence-electron chi connectivity index (χ1n) is 7.11. The molecule has 2 heterocycles. The molecule has 0 aliphatic heterocycles. The third-order valence-electron chi connectivity index (χ3n) is 3.43. The van der Waals surface area contributed by atoms with E-state index in [1.165, 1.54) is 6.33 Å². The summed E-state index contributed by atoms with van der Waals surface area (Å²) in [5, 5.41) is 19.7. The van der Waals surface area contributed by atoms with Crippen molar-refractivity contribution in [3.8, 4) is 0 Å². The van der Waals surface area contributed by atoms with Crippen molar-refractivity contribution >= 4 is 11.6 Å². The van der Waals surface area contributed by atoms with Crippen molar-refractivity contribution < 1.29 is 5.11 Å². The van der Waals surface area contributed by atoms with Gasteiger partial charge in [-0.25, -0.2) is 9.67 Å². The number of hydrogen-bond donors (Lipinski definition) is 1. The Hall–Kier alpha value is -1.40. The summed E-state index contributed by atoms with van der Waals surface area (Å²) in [6.07, 6.45) is 1.13. The molecule has 0 amide bonds. The van der Waals surface area contributed by atoms with E-state index in [4.69, 9.17) is 11.6 Å². The molecule has 0 fully saturated rings. The van der Waals surface area contributed by atoms with Gasteiger partial charge in [-0.1, -0.05) is 25.4 Å². The summed E-state index contributed by atoms with van der Waals surface area (Å²) in [4.78, 5) is 4.24. The zero-order valence-corrected chi connectivity index (χ0v) is 13.8. The lowest BCUT2D eigenvalue weighted by atomic mass is 10.0. The number of aliphatic hydroxyl groups is 1. The first kappa shape index (κ1) is 16.0. The lowest BCUT2D eigenvalue weighted by molar-refractivity contribution is 0.172. The molecular weight excluding hydrogens is 290 g/mol. The van der Waals surface area contributed by atoms with Crippen LogP contribution in [-0.2, 0) is 13.5 Å². The lowest BCUT2D eigenvalue weighted by Gasteiger charge is -2.15. The second-order valence-corrected chi connectivity index (χ2v) is 6.16. The Bertz CT molecular complexity index is 617. The normalized spacial score (nSPS) is 13.4. The summed E-state index contributed by atoms with van der Waals surface area (Å²) in [6, 6.07) is 0.198. The van der Waals surface area contributed by atoms with Crippen LogP contribution < -0.4 is 0 Å². The fourth-order valence-electron chi connectivity index (χ4n) is 2.40. The van der Waals surface area contributed by atoms with Crippen LogP contribution in [0.5, 0.6) is 0 Å². The smallest absolute Gasteiger partial charge is 0.138 e. The molecule has 21 heavy (non-hydrogen) atoms. The van der Waals surface area contributed by atoms with Gasteiger partial charge in [0.1, 0.15) is 17.3 Å². The Morgan fingerprint density at radius 2 is 1.95 bits per heavy atom. The second kappa shape index (κ2) is 6.15. The van der Waals surface area contributed by atoms with Crippen molar-refractivity contribution in [2.45, 2.75) is 52.2 Å². The molecule has 2 rings (SSSR count). The molecule has 0 saturated carbocycles. The third kappa shape index (κ3) is 3.11. The fourth-order valence-corrected chi connectivity index (χ4v) is 2.66. The molecule has 0 bridgehead atoms. The Kier molecular flexibility index (Phi) is 4.68. The van der Waals surface area contributed by atoms with E-state index in [9.17, 15) is 5.11 Å². The quantitative estimate of drug-likeness (QED) is 0.921. The average molecular weight is 312 g/mol. The van der Waals surface area contributed by atoms with Crippen molar-refractivity contribution in [3.05, 3.63) is 28.6 Å². The molecule has 7 heteroatoms. The van der Waals surface area contributed by atoms with Gasteiger partial charge in [-0.05, 0) is 19.8 Å². The summed E-state index contributed by atoms with van der Waals surface area (Å²) >= 11 is 6.29. The van der Waals surface area contributed by atoms with Gasteiger partial charge in [0.05, 0.1) is 11.8 Å². The van der Waals surface area contributed by atoms with Crippen LogP contribution in [0.15, 0.2) is 6.33 Å². The van der Waals surface area contributed by atoms with Gasteiger partial charge in [-0.3, -0.25) is 4.68 Å². The molecule has 2 aromatic rings. The number of aryl methyl sites for hydroxylation is 1. The first-order valence-corrected chi connectivity index (χ1v) is 7.49. The van der Waals surface area contributed by atoms with Gasteiger partial charge >= 0.3 is 0 Å². The van der Waals surface area contributed by atoms with Gasteiger partial charge in [0.2, 0.25) is 0 Å². The van der Waals surface area contributed by atoms with Crippen LogP contribution in [0.4, 0.5) is 0 Å². The van der Waals surface area contributed by atoms with E-state index >= 15 is 0 Å². The van der Waals surface area contributed by atoms with Crippen LogP contribution in [0, 0.1) is 0 Å². The number of nitrogens with zero attached hydrogens (tertiary/aromatic N) is 5. The van der Waals surface area contributed by atoms with Crippen LogP contribution in [-0.4, -0.2) is 29.7 Å². The van der Waals surface area contributed by atoms with E-state index in [0.29, 0.717) is 17.1 Å². The van der Waals surface area contributed by atoms with Crippen molar-refractivity contribution in [1.82, 2.24) is 24.5 Å². The van der Waals surface area contributed by atoms with E-state index in [1.54, 1.807) is 11.7 Å². The molecule has 116 valence electrons. The van der Waals surface area contributed by atoms with E-state index < -0.39 is 6.10 Å². The summed E-state index contributed by atoms with van der Waals surface area (Å²) in [5.74, 6) is 0.934. The molecule has 6 nitrogen and oxygen atoms in total. The third-order valence-corrected chi connectivity index (χ3v) is 3.88. The topological polar surface area (TPSA) is 68.8 Å². The molecule has 1 unspecified atom stereocenters. The maximum Gasteiger partial charge on any atom is 0.138 e. The summed E-state index contributed by atoms with van der Waals surface area (Å²) < 4.78 is 3.41. The molecule has 2 aromatic heterocycles. The van der Waals surface area contributed by atoms with E-state index in [1.807, 2.05) is 32.4 Å². The minimum Gasteiger partial charge on any atom is -0.388 e. The molecular formula is C14H22ClN5O. The van der Waals surface area contributed by atoms with Crippen molar-refractivity contribution in [1.29, 1.82) is 0 Å². The van der Waals surface area contributed by atoms with E-state index in [0.717, 1.165) is 11.5 Å². The van der Waals surface area contributed by atoms with Crippen LogP contribution in [0.2, 0.25) is 5.15 Å². The van der Waals surface area contributed by atoms with Gasteiger partial charge in [0.15, 0.2) is 0 Å². The van der Waals surface area contributed by atoms with Crippen molar-refractivity contribution in [2.24, 2.45) is 7.05 Å².